The van der Waals surface area contributed by atoms with Crippen molar-refractivity contribution < 1.29 is 23.8 Å². The minimum atomic E-state index is -0.622. The summed E-state index contributed by atoms with van der Waals surface area (Å²) in [6, 6.07) is 21.7. The summed E-state index contributed by atoms with van der Waals surface area (Å²) in [6.45, 7) is 0.0221. The molecular formula is C25H22ClNO5. The molecule has 1 N–H and O–H groups in total. The zero-order valence-electron chi connectivity index (χ0n) is 17.4. The van der Waals surface area contributed by atoms with Crippen LogP contribution in [0.3, 0.4) is 0 Å². The molecule has 0 bridgehead atoms. The van der Waals surface area contributed by atoms with E-state index in [0.29, 0.717) is 28.8 Å². The van der Waals surface area contributed by atoms with Crippen LogP contribution in [0, 0.1) is 0 Å². The number of amides is 1. The number of ether oxygens (including phenoxy) is 3. The van der Waals surface area contributed by atoms with E-state index in [1.807, 2.05) is 48.5 Å². The van der Waals surface area contributed by atoms with E-state index in [-0.39, 0.29) is 0 Å². The molecule has 0 unspecified atom stereocenters. The fourth-order valence-electron chi connectivity index (χ4n) is 2.71. The lowest BCUT2D eigenvalue weighted by Crippen LogP contribution is -2.20. The molecule has 0 fully saturated rings. The van der Waals surface area contributed by atoms with E-state index in [4.69, 9.17) is 25.8 Å². The van der Waals surface area contributed by atoms with Crippen LogP contribution in [-0.2, 0) is 20.9 Å². The maximum Gasteiger partial charge on any atom is 0.331 e. The van der Waals surface area contributed by atoms with Crippen LogP contribution in [0.2, 0.25) is 5.02 Å². The minimum absolute atomic E-state index is 0.404. The first-order chi connectivity index (χ1) is 15.5. The number of hydrogen-bond donors (Lipinski definition) is 1. The van der Waals surface area contributed by atoms with E-state index in [9.17, 15) is 9.59 Å². The fourth-order valence-corrected chi connectivity index (χ4v) is 2.83. The van der Waals surface area contributed by atoms with Gasteiger partial charge in [-0.25, -0.2) is 4.79 Å². The average molecular weight is 452 g/mol. The molecule has 164 valence electrons. The van der Waals surface area contributed by atoms with E-state index >= 15 is 0 Å². The van der Waals surface area contributed by atoms with Crippen molar-refractivity contribution in [1.82, 2.24) is 0 Å². The van der Waals surface area contributed by atoms with E-state index < -0.39 is 18.5 Å². The Morgan fingerprint density at radius 2 is 1.69 bits per heavy atom. The summed E-state index contributed by atoms with van der Waals surface area (Å²) >= 11 is 5.87. The van der Waals surface area contributed by atoms with Gasteiger partial charge in [-0.1, -0.05) is 48.0 Å². The Balaban J connectivity index is 1.43. The molecule has 0 atom stereocenters. The van der Waals surface area contributed by atoms with Gasteiger partial charge in [0.25, 0.3) is 5.91 Å². The predicted molar refractivity (Wildman–Crippen MR) is 124 cm³/mol. The number of para-hydroxylation sites is 2. The number of anilines is 1. The van der Waals surface area contributed by atoms with Crippen LogP contribution in [0.15, 0.2) is 78.9 Å². The monoisotopic (exact) mass is 451 g/mol. The maximum atomic E-state index is 12.0. The lowest BCUT2D eigenvalue weighted by Gasteiger charge is -2.09. The van der Waals surface area contributed by atoms with Crippen molar-refractivity contribution in [2.24, 2.45) is 0 Å². The Morgan fingerprint density at radius 3 is 2.41 bits per heavy atom. The van der Waals surface area contributed by atoms with Gasteiger partial charge in [-0.15, -0.1) is 0 Å². The zero-order valence-corrected chi connectivity index (χ0v) is 18.2. The molecular weight excluding hydrogens is 430 g/mol. The number of benzene rings is 3. The summed E-state index contributed by atoms with van der Waals surface area (Å²) in [5, 5.41) is 3.32. The topological polar surface area (TPSA) is 73.9 Å². The standard InChI is InChI=1S/C25H22ClNO5/c1-30-23-5-3-2-4-22(23)27-24(28)17-32-25(29)15-10-18-8-13-21(14-9-18)31-16-19-6-11-20(26)12-7-19/h2-15H,16-17H2,1H3,(H,27,28)/b15-10+. The van der Waals surface area contributed by atoms with Crippen LogP contribution in [0.4, 0.5) is 5.69 Å². The Hall–Kier alpha value is -3.77. The predicted octanol–water partition coefficient (Wildman–Crippen LogP) is 5.12. The number of methoxy groups -OCH3 is 1. The number of halogens is 1. The van der Waals surface area contributed by atoms with Crippen LogP contribution in [0.1, 0.15) is 11.1 Å². The van der Waals surface area contributed by atoms with Crippen LogP contribution < -0.4 is 14.8 Å². The smallest absolute Gasteiger partial charge is 0.331 e. The molecule has 3 rings (SSSR count). The summed E-state index contributed by atoms with van der Waals surface area (Å²) in [6.07, 6.45) is 2.86. The Bertz CT molecular complexity index is 1080. The number of esters is 1. The summed E-state index contributed by atoms with van der Waals surface area (Å²) in [4.78, 5) is 23.9. The zero-order chi connectivity index (χ0) is 22.8. The van der Waals surface area contributed by atoms with Gasteiger partial charge in [-0.3, -0.25) is 4.79 Å². The highest BCUT2D eigenvalue weighted by molar-refractivity contribution is 6.30. The van der Waals surface area contributed by atoms with E-state index in [2.05, 4.69) is 5.32 Å². The minimum Gasteiger partial charge on any atom is -0.495 e. The van der Waals surface area contributed by atoms with Crippen LogP contribution >= 0.6 is 11.6 Å². The lowest BCUT2D eigenvalue weighted by atomic mass is 10.2. The second-order valence-corrected chi connectivity index (χ2v) is 7.11. The van der Waals surface area contributed by atoms with Gasteiger partial charge in [0.2, 0.25) is 0 Å². The van der Waals surface area contributed by atoms with Gasteiger partial charge in [0, 0.05) is 11.1 Å². The molecule has 0 saturated heterocycles. The van der Waals surface area contributed by atoms with Crippen molar-refractivity contribution in [2.45, 2.75) is 6.61 Å². The van der Waals surface area contributed by atoms with Crippen molar-refractivity contribution in [2.75, 3.05) is 19.0 Å². The quantitative estimate of drug-likeness (QED) is 0.361. The highest BCUT2D eigenvalue weighted by Crippen LogP contribution is 2.22. The van der Waals surface area contributed by atoms with Gasteiger partial charge >= 0.3 is 5.97 Å². The fraction of sp³-hybridized carbons (Fsp3) is 0.120. The molecule has 6 nitrogen and oxygen atoms in total. The van der Waals surface area contributed by atoms with Crippen molar-refractivity contribution in [3.63, 3.8) is 0 Å². The normalized spacial score (nSPS) is 10.6. The molecule has 3 aromatic rings. The molecule has 7 heteroatoms. The van der Waals surface area contributed by atoms with Crippen molar-refractivity contribution in [1.29, 1.82) is 0 Å². The molecule has 1 amide bonds. The first-order valence-electron chi connectivity index (χ1n) is 9.78. The highest BCUT2D eigenvalue weighted by atomic mass is 35.5. The third-order valence-corrected chi connectivity index (χ3v) is 4.59. The van der Waals surface area contributed by atoms with Gasteiger partial charge in [-0.05, 0) is 53.6 Å². The Morgan fingerprint density at radius 1 is 0.969 bits per heavy atom. The van der Waals surface area contributed by atoms with Gasteiger partial charge < -0.3 is 19.5 Å². The highest BCUT2D eigenvalue weighted by Gasteiger charge is 2.08. The maximum absolute atomic E-state index is 12.0. The number of nitrogens with one attached hydrogen (secondary N) is 1. The Labute approximate surface area is 191 Å². The molecule has 0 aliphatic rings. The van der Waals surface area contributed by atoms with Crippen LogP contribution in [-0.4, -0.2) is 25.6 Å². The molecule has 3 aromatic carbocycles. The molecule has 0 aromatic heterocycles. The second kappa shape index (κ2) is 11.6. The molecule has 0 spiro atoms. The van der Waals surface area contributed by atoms with Crippen molar-refractivity contribution in [3.05, 3.63) is 95.0 Å². The molecule has 0 radical (unpaired) electrons. The SMILES string of the molecule is COc1ccccc1NC(=O)COC(=O)/C=C/c1ccc(OCc2ccc(Cl)cc2)cc1. The van der Waals surface area contributed by atoms with Gasteiger partial charge in [-0.2, -0.15) is 0 Å². The molecule has 0 heterocycles. The average Bonchev–Trinajstić information content (AvgIpc) is 2.82. The lowest BCUT2D eigenvalue weighted by molar-refractivity contribution is -0.142. The van der Waals surface area contributed by atoms with Crippen LogP contribution in [0.25, 0.3) is 6.08 Å². The van der Waals surface area contributed by atoms with Crippen LogP contribution in [0.5, 0.6) is 11.5 Å². The van der Waals surface area contributed by atoms with Gasteiger partial charge in [0.05, 0.1) is 12.8 Å². The van der Waals surface area contributed by atoms with Gasteiger partial charge in [0.15, 0.2) is 6.61 Å². The largest absolute Gasteiger partial charge is 0.495 e. The first-order valence-corrected chi connectivity index (χ1v) is 10.2. The molecule has 0 aliphatic heterocycles. The number of rotatable bonds is 9. The van der Waals surface area contributed by atoms with Gasteiger partial charge in [0.1, 0.15) is 18.1 Å². The summed E-state index contributed by atoms with van der Waals surface area (Å²) in [7, 11) is 1.51. The van der Waals surface area contributed by atoms with Crippen molar-refractivity contribution in [3.8, 4) is 11.5 Å². The third-order valence-electron chi connectivity index (χ3n) is 4.34. The van der Waals surface area contributed by atoms with E-state index in [1.165, 1.54) is 13.2 Å². The summed E-state index contributed by atoms with van der Waals surface area (Å²) in [5.74, 6) is 0.141. The molecule has 0 aliphatic carbocycles. The molecule has 0 saturated carbocycles. The first kappa shape index (κ1) is 22.9. The second-order valence-electron chi connectivity index (χ2n) is 6.67. The van der Waals surface area contributed by atoms with E-state index in [0.717, 1.165) is 11.1 Å². The number of carbonyl (C=O) groups excluding carboxylic acids is 2. The molecule has 32 heavy (non-hydrogen) atoms. The summed E-state index contributed by atoms with van der Waals surface area (Å²) in [5.41, 5.74) is 2.31. The number of hydrogen-bond acceptors (Lipinski definition) is 5. The van der Waals surface area contributed by atoms with Crippen molar-refractivity contribution >= 4 is 35.2 Å². The Kier molecular flexibility index (Phi) is 8.29. The summed E-state index contributed by atoms with van der Waals surface area (Å²) < 4.78 is 15.9. The van der Waals surface area contributed by atoms with E-state index in [1.54, 1.807) is 30.3 Å². The third kappa shape index (κ3) is 7.18. The number of carbonyl (C=O) groups is 2.